The number of hydrogen-bond donors (Lipinski definition) is 0. The molecule has 0 aliphatic heterocycles. The van der Waals surface area contributed by atoms with Crippen molar-refractivity contribution < 1.29 is 52.7 Å². The summed E-state index contributed by atoms with van der Waals surface area (Å²) in [5.74, 6) is 0. The minimum absolute atomic E-state index is 0.0661. The van der Waals surface area contributed by atoms with Gasteiger partial charge in [-0.2, -0.15) is 52.7 Å². The Morgan fingerprint density at radius 1 is 0.405 bits per heavy atom. The van der Waals surface area contributed by atoms with Gasteiger partial charge in [-0.05, 0) is 84.9 Å². The summed E-state index contributed by atoms with van der Waals surface area (Å²) < 4.78 is 160. The molecule has 4 aromatic carbocycles. The van der Waals surface area contributed by atoms with E-state index in [1.807, 2.05) is 0 Å². The van der Waals surface area contributed by atoms with E-state index in [0.29, 0.717) is 24.3 Å². The summed E-state index contributed by atoms with van der Waals surface area (Å²) in [4.78, 5) is 0.334. The van der Waals surface area contributed by atoms with Crippen molar-refractivity contribution in [1.29, 1.82) is 0 Å². The second-order valence-electron chi connectivity index (χ2n) is 8.63. The van der Waals surface area contributed by atoms with Crippen LogP contribution in [0, 0.1) is 0 Å². The van der Waals surface area contributed by atoms with E-state index in [4.69, 9.17) is 0 Å². The Labute approximate surface area is 237 Å². The van der Waals surface area contributed by atoms with Gasteiger partial charge in [0.1, 0.15) is 10.9 Å². The van der Waals surface area contributed by atoms with E-state index in [0.717, 1.165) is 78.5 Å². The van der Waals surface area contributed by atoms with Gasteiger partial charge < -0.3 is 0 Å². The first-order valence-corrected chi connectivity index (χ1v) is 13.5. The molecule has 4 rings (SSSR count). The SMILES string of the molecule is FC(F)(F)c1ccc(Sc2ccc(C(F)(F)F)cc2[S+](c2ccc(C(F)(F)F)cc2)c2ccc(C(F)(F)F)cc2)cc1. The van der Waals surface area contributed by atoms with Crippen LogP contribution in [0.15, 0.2) is 115 Å². The molecule has 0 aromatic heterocycles. The maximum absolute atomic E-state index is 13.8. The molecule has 0 saturated heterocycles. The zero-order valence-electron chi connectivity index (χ0n) is 20.5. The summed E-state index contributed by atoms with van der Waals surface area (Å²) in [5, 5.41) is 0. The molecule has 4 aromatic rings. The molecule has 0 atom stereocenters. The Kier molecular flexibility index (Phi) is 8.62. The Morgan fingerprint density at radius 3 is 1.10 bits per heavy atom. The van der Waals surface area contributed by atoms with Crippen molar-refractivity contribution in [2.75, 3.05) is 0 Å². The molecule has 0 aliphatic rings. The topological polar surface area (TPSA) is 0 Å². The molecule has 0 heterocycles. The molecule has 0 saturated carbocycles. The van der Waals surface area contributed by atoms with Crippen molar-refractivity contribution in [2.45, 2.75) is 49.2 Å². The van der Waals surface area contributed by atoms with Gasteiger partial charge in [-0.25, -0.2) is 0 Å². The zero-order chi connectivity index (χ0) is 31.1. The predicted octanol–water partition coefficient (Wildman–Crippen LogP) is 11.0. The molecule has 0 N–H and O–H groups in total. The summed E-state index contributed by atoms with van der Waals surface area (Å²) >= 11 is 0.798. The molecule has 0 amide bonds. The molecular weight excluding hydrogens is 628 g/mol. The summed E-state index contributed by atoms with van der Waals surface area (Å²) in [6.45, 7) is 0. The Balaban J connectivity index is 1.90. The third-order valence-corrected chi connectivity index (χ3v) is 9.21. The second kappa shape index (κ2) is 11.4. The Morgan fingerprint density at radius 2 is 0.738 bits per heavy atom. The average Bonchev–Trinajstić information content (AvgIpc) is 2.88. The molecule has 222 valence electrons. The third-order valence-electron chi connectivity index (χ3n) is 5.74. The van der Waals surface area contributed by atoms with Crippen molar-refractivity contribution in [1.82, 2.24) is 0 Å². The van der Waals surface area contributed by atoms with E-state index >= 15 is 0 Å². The van der Waals surface area contributed by atoms with Gasteiger partial charge in [-0.3, -0.25) is 0 Å². The van der Waals surface area contributed by atoms with Gasteiger partial charge in [0.25, 0.3) is 0 Å². The van der Waals surface area contributed by atoms with E-state index < -0.39 is 57.9 Å². The maximum Gasteiger partial charge on any atom is 0.416 e. The van der Waals surface area contributed by atoms with Crippen molar-refractivity contribution in [3.05, 3.63) is 113 Å². The van der Waals surface area contributed by atoms with Crippen LogP contribution in [-0.4, -0.2) is 0 Å². The number of rotatable bonds is 5. The summed E-state index contributed by atoms with van der Waals surface area (Å²) in [5.41, 5.74) is -4.20. The molecular formula is C28H15F12S2+. The van der Waals surface area contributed by atoms with E-state index in [-0.39, 0.29) is 24.5 Å². The smallest absolute Gasteiger partial charge is 0.166 e. The van der Waals surface area contributed by atoms with Crippen molar-refractivity contribution >= 4 is 22.7 Å². The van der Waals surface area contributed by atoms with E-state index in [1.165, 1.54) is 0 Å². The molecule has 0 aliphatic carbocycles. The van der Waals surface area contributed by atoms with Gasteiger partial charge in [-0.1, -0.05) is 11.8 Å². The van der Waals surface area contributed by atoms with E-state index in [2.05, 4.69) is 0 Å². The summed E-state index contributed by atoms with van der Waals surface area (Å²) in [6.07, 6.45) is -19.0. The van der Waals surface area contributed by atoms with Crippen LogP contribution in [0.4, 0.5) is 52.7 Å². The molecule has 0 radical (unpaired) electrons. The van der Waals surface area contributed by atoms with Gasteiger partial charge in [0, 0.05) is 11.0 Å². The molecule has 0 nitrogen and oxygen atoms in total. The van der Waals surface area contributed by atoms with Gasteiger partial charge in [0.05, 0.1) is 27.1 Å². The summed E-state index contributed by atoms with van der Waals surface area (Å²) in [7, 11) is -1.67. The van der Waals surface area contributed by atoms with Crippen LogP contribution in [0.3, 0.4) is 0 Å². The highest BCUT2D eigenvalue weighted by atomic mass is 32.2. The van der Waals surface area contributed by atoms with E-state index in [9.17, 15) is 52.7 Å². The first-order valence-electron chi connectivity index (χ1n) is 11.5. The number of halogens is 12. The van der Waals surface area contributed by atoms with Crippen LogP contribution in [0.25, 0.3) is 0 Å². The van der Waals surface area contributed by atoms with Crippen LogP contribution >= 0.6 is 11.8 Å². The highest BCUT2D eigenvalue weighted by Crippen LogP contribution is 2.44. The van der Waals surface area contributed by atoms with Crippen molar-refractivity contribution in [2.24, 2.45) is 0 Å². The fraction of sp³-hybridized carbons (Fsp3) is 0.143. The predicted molar refractivity (Wildman–Crippen MR) is 132 cm³/mol. The number of alkyl halides is 12. The summed E-state index contributed by atoms with van der Waals surface area (Å²) in [6, 6.07) is 13.2. The molecule has 14 heteroatoms. The van der Waals surface area contributed by atoms with Gasteiger partial charge >= 0.3 is 24.7 Å². The van der Waals surface area contributed by atoms with Crippen molar-refractivity contribution in [3.8, 4) is 0 Å². The van der Waals surface area contributed by atoms with E-state index in [1.54, 1.807) is 0 Å². The largest absolute Gasteiger partial charge is 0.416 e. The fourth-order valence-corrected chi connectivity index (χ4v) is 7.02. The first-order chi connectivity index (χ1) is 19.3. The normalized spacial score (nSPS) is 13.1. The third kappa shape index (κ3) is 7.38. The van der Waals surface area contributed by atoms with Crippen LogP contribution in [-0.2, 0) is 35.6 Å². The molecule has 42 heavy (non-hydrogen) atoms. The fourth-order valence-electron chi connectivity index (χ4n) is 3.72. The van der Waals surface area contributed by atoms with Gasteiger partial charge in [0.15, 0.2) is 14.7 Å². The van der Waals surface area contributed by atoms with Crippen LogP contribution in [0.2, 0.25) is 0 Å². The van der Waals surface area contributed by atoms with Crippen LogP contribution < -0.4 is 0 Å². The highest BCUT2D eigenvalue weighted by molar-refractivity contribution is 8.01. The Bertz CT molecular complexity index is 1460. The van der Waals surface area contributed by atoms with Crippen LogP contribution in [0.1, 0.15) is 22.3 Å². The number of benzene rings is 4. The lowest BCUT2D eigenvalue weighted by atomic mass is 10.2. The average molecular weight is 644 g/mol. The first kappa shape index (κ1) is 31.7. The highest BCUT2D eigenvalue weighted by Gasteiger charge is 2.39. The second-order valence-corrected chi connectivity index (χ2v) is 11.7. The van der Waals surface area contributed by atoms with Gasteiger partial charge in [-0.15, -0.1) is 0 Å². The quantitative estimate of drug-likeness (QED) is 0.154. The van der Waals surface area contributed by atoms with Crippen molar-refractivity contribution in [3.63, 3.8) is 0 Å². The lowest BCUT2D eigenvalue weighted by Crippen LogP contribution is -2.12. The number of hydrogen-bond acceptors (Lipinski definition) is 1. The molecule has 0 unspecified atom stereocenters. The maximum atomic E-state index is 13.8. The minimum atomic E-state index is -4.86. The van der Waals surface area contributed by atoms with Gasteiger partial charge in [0.2, 0.25) is 0 Å². The molecule has 0 fully saturated rings. The lowest BCUT2D eigenvalue weighted by Gasteiger charge is -2.16. The minimum Gasteiger partial charge on any atom is -0.166 e. The Hall–Kier alpha value is -3.26. The zero-order valence-corrected chi connectivity index (χ0v) is 22.1. The standard InChI is InChI=1S/C28H15F12S2/c29-25(30,31)16-1-8-20(9-2-16)41-23-14-7-19(28(38,39)40)15-24(23)42(21-10-3-17(4-11-21)26(32,33)34)22-12-5-18(6-13-22)27(35,36)37/h1-15H/q+1. The molecule has 0 spiro atoms. The van der Waals surface area contributed by atoms with Crippen LogP contribution in [0.5, 0.6) is 0 Å². The molecule has 0 bridgehead atoms. The lowest BCUT2D eigenvalue weighted by molar-refractivity contribution is -0.138. The monoisotopic (exact) mass is 643 g/mol.